The van der Waals surface area contributed by atoms with Crippen LogP contribution in [0.3, 0.4) is 0 Å². The fourth-order valence-corrected chi connectivity index (χ4v) is 1.23. The molecule has 1 aromatic rings. The predicted molar refractivity (Wildman–Crippen MR) is 59.9 cm³/mol. The van der Waals surface area contributed by atoms with E-state index in [1.807, 2.05) is 5.92 Å². The molecule has 76 valence electrons. The minimum absolute atomic E-state index is 0.136. The van der Waals surface area contributed by atoms with Crippen LogP contribution in [-0.2, 0) is 0 Å². The third kappa shape index (κ3) is 3.45. The number of terminal acetylenes is 1. The summed E-state index contributed by atoms with van der Waals surface area (Å²) in [5.74, 6) is 4.52. The average molecular weight is 217 g/mol. The lowest BCUT2D eigenvalue weighted by Gasteiger charge is -2.01. The van der Waals surface area contributed by atoms with Crippen LogP contribution >= 0.6 is 0 Å². The van der Waals surface area contributed by atoms with Crippen molar-refractivity contribution in [1.82, 2.24) is 4.98 Å². The number of ketones is 1. The van der Waals surface area contributed by atoms with Gasteiger partial charge in [-0.3, -0.25) is 4.79 Å². The summed E-state index contributed by atoms with van der Waals surface area (Å²) in [5.41, 5.74) is 3.21. The molecule has 0 amide bonds. The fourth-order valence-electron chi connectivity index (χ4n) is 0.750. The van der Waals surface area contributed by atoms with Crippen molar-refractivity contribution < 1.29 is 9.21 Å². The Bertz CT molecular complexity index is 477. The van der Waals surface area contributed by atoms with E-state index in [-0.39, 0.29) is 11.6 Å². The molecule has 0 aliphatic carbocycles. The smallest absolute Gasteiger partial charge is 0.273 e. The number of hydrogen-bond donors (Lipinski definition) is 0. The van der Waals surface area contributed by atoms with E-state index in [1.165, 1.54) is 6.26 Å². The zero-order valence-corrected chi connectivity index (χ0v) is 9.92. The number of aromatic nitrogens is 1. The zero-order chi connectivity index (χ0) is 11.5. The summed E-state index contributed by atoms with van der Waals surface area (Å²) in [6, 6.07) is 0. The molecule has 0 bridgehead atoms. The van der Waals surface area contributed by atoms with E-state index < -0.39 is 13.9 Å². The molecule has 0 unspecified atom stereocenters. The minimum Gasteiger partial charge on any atom is -0.438 e. The average Bonchev–Trinajstić information content (AvgIpc) is 2.61. The van der Waals surface area contributed by atoms with Gasteiger partial charge in [-0.1, -0.05) is 19.6 Å². The van der Waals surface area contributed by atoms with Gasteiger partial charge in [0, 0.05) is 0 Å². The summed E-state index contributed by atoms with van der Waals surface area (Å²) < 4.78 is 5.00. The Labute approximate surface area is 89.9 Å². The molecule has 0 aliphatic heterocycles. The van der Waals surface area contributed by atoms with Crippen LogP contribution in [-0.4, -0.2) is 18.8 Å². The minimum atomic E-state index is -1.45. The lowest BCUT2D eigenvalue weighted by molar-refractivity contribution is 0.105. The van der Waals surface area contributed by atoms with Crippen LogP contribution in [0, 0.1) is 23.8 Å². The van der Waals surface area contributed by atoms with Gasteiger partial charge >= 0.3 is 0 Å². The molecule has 0 spiro atoms. The van der Waals surface area contributed by atoms with E-state index in [2.05, 4.69) is 36.1 Å². The lowest BCUT2D eigenvalue weighted by atomic mass is 10.3. The largest absolute Gasteiger partial charge is 0.438 e. The summed E-state index contributed by atoms with van der Waals surface area (Å²) in [6.45, 7) is 6.32. The van der Waals surface area contributed by atoms with Crippen molar-refractivity contribution in [3.05, 3.63) is 17.8 Å². The second-order valence-corrected chi connectivity index (χ2v) is 8.76. The quantitative estimate of drug-likeness (QED) is 0.311. The molecule has 0 saturated carbocycles. The first kappa shape index (κ1) is 11.3. The maximum atomic E-state index is 11.0. The van der Waals surface area contributed by atoms with Gasteiger partial charge in [-0.2, -0.15) is 4.98 Å². The van der Waals surface area contributed by atoms with Crippen LogP contribution in [0.1, 0.15) is 16.4 Å². The molecule has 0 aliphatic rings. The Balaban J connectivity index is 2.91. The van der Waals surface area contributed by atoms with E-state index in [9.17, 15) is 4.79 Å². The van der Waals surface area contributed by atoms with Crippen molar-refractivity contribution in [2.75, 3.05) is 0 Å². The lowest BCUT2D eigenvalue weighted by Crippen LogP contribution is -2.16. The molecule has 0 radical (unpaired) electrons. The van der Waals surface area contributed by atoms with Crippen molar-refractivity contribution in [2.24, 2.45) is 0 Å². The molecule has 1 aromatic heterocycles. The van der Waals surface area contributed by atoms with Crippen molar-refractivity contribution >= 4 is 13.9 Å². The van der Waals surface area contributed by atoms with Crippen LogP contribution < -0.4 is 0 Å². The molecular weight excluding hydrogens is 206 g/mol. The highest BCUT2D eigenvalue weighted by Gasteiger charge is 2.10. The van der Waals surface area contributed by atoms with E-state index >= 15 is 0 Å². The Kier molecular flexibility index (Phi) is 3.13. The van der Waals surface area contributed by atoms with Gasteiger partial charge in [0.25, 0.3) is 11.7 Å². The Morgan fingerprint density at radius 1 is 1.53 bits per heavy atom. The topological polar surface area (TPSA) is 43.1 Å². The molecule has 0 fully saturated rings. The highest BCUT2D eigenvalue weighted by molar-refractivity contribution is 6.83. The molecule has 3 nitrogen and oxygen atoms in total. The standard InChI is InChI=1S/C11H11NO2Si/c1-5-10(13)9-8-14-11(12-9)6-7-15(2,3)4/h1,8H,2-4H3. The van der Waals surface area contributed by atoms with Gasteiger partial charge in [0.15, 0.2) is 5.69 Å². The number of carbonyl (C=O) groups is 1. The number of Topliss-reactive ketones (excluding diaryl/α,β-unsaturated/α-hetero) is 1. The number of hydrogen-bond acceptors (Lipinski definition) is 3. The van der Waals surface area contributed by atoms with Crippen LogP contribution in [0.2, 0.25) is 19.6 Å². The predicted octanol–water partition coefficient (Wildman–Crippen LogP) is 1.72. The number of carbonyl (C=O) groups excluding carboxylic acids is 1. The van der Waals surface area contributed by atoms with Crippen LogP contribution in [0.25, 0.3) is 0 Å². The molecule has 0 saturated heterocycles. The van der Waals surface area contributed by atoms with Crippen molar-refractivity contribution in [1.29, 1.82) is 0 Å². The van der Waals surface area contributed by atoms with Crippen molar-refractivity contribution in [3.8, 4) is 23.8 Å². The maximum Gasteiger partial charge on any atom is 0.273 e. The van der Waals surface area contributed by atoms with Crippen molar-refractivity contribution in [3.63, 3.8) is 0 Å². The number of oxazole rings is 1. The summed E-state index contributed by atoms with van der Waals surface area (Å²) in [5, 5.41) is 0. The molecule has 0 aromatic carbocycles. The van der Waals surface area contributed by atoms with Crippen LogP contribution in [0.4, 0.5) is 0 Å². The molecule has 4 heteroatoms. The molecule has 0 N–H and O–H groups in total. The fraction of sp³-hybridized carbons (Fsp3) is 0.273. The van der Waals surface area contributed by atoms with E-state index in [1.54, 1.807) is 0 Å². The number of rotatable bonds is 1. The SMILES string of the molecule is C#CC(=O)c1coc(C#C[Si](C)(C)C)n1. The molecule has 1 heterocycles. The summed E-state index contributed by atoms with van der Waals surface area (Å²) in [4.78, 5) is 14.9. The third-order valence-electron chi connectivity index (χ3n) is 1.41. The molecule has 15 heavy (non-hydrogen) atoms. The monoisotopic (exact) mass is 217 g/mol. The van der Waals surface area contributed by atoms with Gasteiger partial charge < -0.3 is 4.42 Å². The van der Waals surface area contributed by atoms with Crippen LogP contribution in [0.15, 0.2) is 10.7 Å². The highest BCUT2D eigenvalue weighted by Crippen LogP contribution is 2.02. The molecule has 0 atom stereocenters. The zero-order valence-electron chi connectivity index (χ0n) is 8.92. The number of nitrogens with zero attached hydrogens (tertiary/aromatic N) is 1. The van der Waals surface area contributed by atoms with Gasteiger partial charge in [-0.25, -0.2) is 0 Å². The van der Waals surface area contributed by atoms with Crippen LogP contribution in [0.5, 0.6) is 0 Å². The second-order valence-electron chi connectivity index (χ2n) is 4.01. The van der Waals surface area contributed by atoms with Gasteiger partial charge in [-0.15, -0.1) is 12.0 Å². The summed E-state index contributed by atoms with van der Waals surface area (Å²) in [6.07, 6.45) is 6.18. The van der Waals surface area contributed by atoms with Gasteiger partial charge in [0.2, 0.25) is 0 Å². The normalized spacial score (nSPS) is 10.0. The summed E-state index contributed by atoms with van der Waals surface area (Å²) in [7, 11) is -1.45. The Morgan fingerprint density at radius 2 is 2.20 bits per heavy atom. The van der Waals surface area contributed by atoms with E-state index in [4.69, 9.17) is 10.8 Å². The molecule has 1 rings (SSSR count). The third-order valence-corrected chi connectivity index (χ3v) is 2.29. The van der Waals surface area contributed by atoms with E-state index in [0.29, 0.717) is 0 Å². The second kappa shape index (κ2) is 4.16. The highest BCUT2D eigenvalue weighted by atomic mass is 28.3. The first-order valence-corrected chi connectivity index (χ1v) is 7.92. The van der Waals surface area contributed by atoms with E-state index in [0.717, 1.165) is 0 Å². The van der Waals surface area contributed by atoms with Crippen molar-refractivity contribution in [2.45, 2.75) is 19.6 Å². The Morgan fingerprint density at radius 3 is 2.73 bits per heavy atom. The van der Waals surface area contributed by atoms with Gasteiger partial charge in [0.1, 0.15) is 14.3 Å². The molecular formula is C11H11NO2Si. The first-order chi connectivity index (χ1) is 6.92. The van der Waals surface area contributed by atoms with Gasteiger partial charge in [0.05, 0.1) is 0 Å². The summed E-state index contributed by atoms with van der Waals surface area (Å²) >= 11 is 0. The van der Waals surface area contributed by atoms with Gasteiger partial charge in [-0.05, 0) is 11.8 Å². The maximum absolute atomic E-state index is 11.0. The first-order valence-electron chi connectivity index (χ1n) is 4.42. The Hall–Kier alpha value is -1.78.